The molecule has 4 aromatic rings. The number of fused-ring (bicyclic) bond motifs is 4. The Labute approximate surface area is 89.3 Å². The van der Waals surface area contributed by atoms with Crippen LogP contribution in [0.1, 0.15) is 0 Å². The molecule has 3 aromatic heterocycles. The van der Waals surface area contributed by atoms with Gasteiger partial charge < -0.3 is 0 Å². The second kappa shape index (κ2) is 2.57. The summed E-state index contributed by atoms with van der Waals surface area (Å²) in [5.74, 6) is 0. The van der Waals surface area contributed by atoms with E-state index < -0.39 is 0 Å². The molecule has 1 aromatic carbocycles. The van der Waals surface area contributed by atoms with E-state index in [4.69, 9.17) is 0 Å². The van der Waals surface area contributed by atoms with E-state index in [2.05, 4.69) is 19.9 Å². The molecule has 0 N–H and O–H groups in total. The Morgan fingerprint density at radius 2 is 1.88 bits per heavy atom. The van der Waals surface area contributed by atoms with Gasteiger partial charge in [-0.3, -0.25) is 4.40 Å². The van der Waals surface area contributed by atoms with E-state index in [0.29, 0.717) is 0 Å². The van der Waals surface area contributed by atoms with Crippen molar-refractivity contribution in [3.8, 4) is 0 Å². The van der Waals surface area contributed by atoms with E-state index in [1.54, 1.807) is 0 Å². The Balaban J connectivity index is 2.32. The van der Waals surface area contributed by atoms with Crippen LogP contribution in [0.2, 0.25) is 0 Å². The van der Waals surface area contributed by atoms with Gasteiger partial charge in [0.05, 0.1) is 11.0 Å². The summed E-state index contributed by atoms with van der Waals surface area (Å²) >= 11 is 0. The zero-order valence-electron chi connectivity index (χ0n) is 8.16. The number of pyridine rings is 1. The molecule has 5 nitrogen and oxygen atoms in total. The van der Waals surface area contributed by atoms with E-state index in [0.717, 1.165) is 27.7 Å². The maximum Gasteiger partial charge on any atom is 0.137 e. The van der Waals surface area contributed by atoms with Gasteiger partial charge in [-0.2, -0.15) is 0 Å². The van der Waals surface area contributed by atoms with Crippen LogP contribution >= 0.6 is 0 Å². The third kappa shape index (κ3) is 0.869. The summed E-state index contributed by atoms with van der Waals surface area (Å²) in [6.45, 7) is 0. The van der Waals surface area contributed by atoms with Crippen molar-refractivity contribution in [2.24, 2.45) is 0 Å². The molecule has 5 heteroatoms. The standard InChI is InChI=1S/C11H6N4O/c1-2-4-15-10-6-8-7(13-16-14-8)5-9(10)12-11(15)3-1/h1-6H. The Morgan fingerprint density at radius 1 is 1.00 bits per heavy atom. The second-order valence-corrected chi connectivity index (χ2v) is 3.63. The molecule has 0 fully saturated rings. The summed E-state index contributed by atoms with van der Waals surface area (Å²) in [4.78, 5) is 4.50. The molecule has 0 radical (unpaired) electrons. The number of imidazole rings is 1. The Hall–Kier alpha value is -2.43. The largest absolute Gasteiger partial charge is 0.300 e. The molecule has 0 atom stereocenters. The monoisotopic (exact) mass is 210 g/mol. The first-order valence-corrected chi connectivity index (χ1v) is 4.91. The van der Waals surface area contributed by atoms with Crippen LogP contribution in [-0.4, -0.2) is 19.7 Å². The lowest BCUT2D eigenvalue weighted by atomic mass is 10.3. The first-order chi connectivity index (χ1) is 7.92. The SMILES string of the molecule is c1ccn2c(c1)nc1cc3nonc3cc12. The van der Waals surface area contributed by atoms with Gasteiger partial charge in [0, 0.05) is 6.20 Å². The van der Waals surface area contributed by atoms with Crippen molar-refractivity contribution in [1.82, 2.24) is 19.7 Å². The zero-order chi connectivity index (χ0) is 10.5. The normalized spacial score (nSPS) is 11.8. The minimum atomic E-state index is 0.732. The lowest BCUT2D eigenvalue weighted by molar-refractivity contribution is 0.315. The number of nitrogens with zero attached hydrogens (tertiary/aromatic N) is 4. The summed E-state index contributed by atoms with van der Waals surface area (Å²) in [5, 5.41) is 7.63. The average molecular weight is 210 g/mol. The maximum atomic E-state index is 4.68. The third-order valence-electron chi connectivity index (χ3n) is 2.68. The van der Waals surface area contributed by atoms with Gasteiger partial charge in [-0.05, 0) is 34.6 Å². The van der Waals surface area contributed by atoms with Crippen molar-refractivity contribution in [3.05, 3.63) is 36.5 Å². The third-order valence-corrected chi connectivity index (χ3v) is 2.68. The highest BCUT2D eigenvalue weighted by atomic mass is 16.6. The fourth-order valence-electron chi connectivity index (χ4n) is 1.94. The summed E-state index contributed by atoms with van der Waals surface area (Å²) in [5.41, 5.74) is 4.31. The molecule has 3 heterocycles. The van der Waals surface area contributed by atoms with Gasteiger partial charge in [-0.15, -0.1) is 0 Å². The summed E-state index contributed by atoms with van der Waals surface area (Å²) in [6.07, 6.45) is 1.98. The lowest BCUT2D eigenvalue weighted by Gasteiger charge is -1.92. The van der Waals surface area contributed by atoms with E-state index in [1.165, 1.54) is 0 Å². The van der Waals surface area contributed by atoms with Gasteiger partial charge in [0.15, 0.2) is 0 Å². The zero-order valence-corrected chi connectivity index (χ0v) is 8.16. The van der Waals surface area contributed by atoms with E-state index in [1.807, 2.05) is 40.9 Å². The molecule has 4 rings (SSSR count). The number of rotatable bonds is 0. The minimum absolute atomic E-state index is 0.732. The van der Waals surface area contributed by atoms with Crippen LogP contribution in [0.15, 0.2) is 41.2 Å². The molecule has 0 amide bonds. The molecular weight excluding hydrogens is 204 g/mol. The van der Waals surface area contributed by atoms with Crippen LogP contribution < -0.4 is 0 Å². The smallest absolute Gasteiger partial charge is 0.137 e. The Morgan fingerprint density at radius 3 is 2.81 bits per heavy atom. The van der Waals surface area contributed by atoms with Crippen molar-refractivity contribution in [3.63, 3.8) is 0 Å². The Kier molecular flexibility index (Phi) is 1.26. The highest BCUT2D eigenvalue weighted by Gasteiger charge is 2.08. The number of hydrogen-bond acceptors (Lipinski definition) is 4. The summed E-state index contributed by atoms with van der Waals surface area (Å²) < 4.78 is 6.70. The topological polar surface area (TPSA) is 56.2 Å². The first-order valence-electron chi connectivity index (χ1n) is 4.91. The molecule has 0 spiro atoms. The van der Waals surface area contributed by atoms with Crippen molar-refractivity contribution < 1.29 is 4.63 Å². The molecule has 16 heavy (non-hydrogen) atoms. The van der Waals surface area contributed by atoms with Crippen LogP contribution in [0.25, 0.3) is 27.7 Å². The molecule has 0 aliphatic rings. The van der Waals surface area contributed by atoms with Gasteiger partial charge in [-0.25, -0.2) is 9.61 Å². The van der Waals surface area contributed by atoms with Crippen LogP contribution in [0.4, 0.5) is 0 Å². The molecule has 0 unspecified atom stereocenters. The van der Waals surface area contributed by atoms with Gasteiger partial charge in [-0.1, -0.05) is 6.07 Å². The molecule has 0 saturated carbocycles. The van der Waals surface area contributed by atoms with Crippen LogP contribution in [-0.2, 0) is 0 Å². The average Bonchev–Trinajstić information content (AvgIpc) is 2.88. The van der Waals surface area contributed by atoms with Crippen molar-refractivity contribution in [2.75, 3.05) is 0 Å². The van der Waals surface area contributed by atoms with E-state index >= 15 is 0 Å². The van der Waals surface area contributed by atoms with Gasteiger partial charge in [0.2, 0.25) is 0 Å². The minimum Gasteiger partial charge on any atom is -0.300 e. The molecule has 0 aliphatic carbocycles. The van der Waals surface area contributed by atoms with Gasteiger partial charge >= 0.3 is 0 Å². The van der Waals surface area contributed by atoms with Crippen LogP contribution in [0, 0.1) is 0 Å². The highest BCUT2D eigenvalue weighted by molar-refractivity contribution is 5.92. The quantitative estimate of drug-likeness (QED) is 0.445. The first kappa shape index (κ1) is 7.81. The van der Waals surface area contributed by atoms with Crippen molar-refractivity contribution >= 4 is 27.7 Å². The Bertz CT molecular complexity index is 814. The highest BCUT2D eigenvalue weighted by Crippen LogP contribution is 2.21. The number of benzene rings is 1. The molecule has 0 saturated heterocycles. The van der Waals surface area contributed by atoms with Gasteiger partial charge in [0.1, 0.15) is 16.7 Å². The number of hydrogen-bond donors (Lipinski definition) is 0. The van der Waals surface area contributed by atoms with E-state index in [9.17, 15) is 0 Å². The molecule has 0 bridgehead atoms. The van der Waals surface area contributed by atoms with Crippen molar-refractivity contribution in [2.45, 2.75) is 0 Å². The predicted molar refractivity (Wildman–Crippen MR) is 58.1 cm³/mol. The molecule has 76 valence electrons. The number of aromatic nitrogens is 4. The van der Waals surface area contributed by atoms with Crippen LogP contribution in [0.5, 0.6) is 0 Å². The van der Waals surface area contributed by atoms with Crippen molar-refractivity contribution in [1.29, 1.82) is 0 Å². The van der Waals surface area contributed by atoms with Gasteiger partial charge in [0.25, 0.3) is 0 Å². The fourth-order valence-corrected chi connectivity index (χ4v) is 1.94. The summed E-state index contributed by atoms with van der Waals surface area (Å²) in [6, 6.07) is 9.72. The van der Waals surface area contributed by atoms with Crippen LogP contribution in [0.3, 0.4) is 0 Å². The maximum absolute atomic E-state index is 4.68. The summed E-state index contributed by atoms with van der Waals surface area (Å²) in [7, 11) is 0. The fraction of sp³-hybridized carbons (Fsp3) is 0. The second-order valence-electron chi connectivity index (χ2n) is 3.63. The lowest BCUT2D eigenvalue weighted by Crippen LogP contribution is -1.81. The van der Waals surface area contributed by atoms with E-state index in [-0.39, 0.29) is 0 Å². The molecular formula is C11H6N4O. The molecule has 0 aliphatic heterocycles. The predicted octanol–water partition coefficient (Wildman–Crippen LogP) is 2.02.